The van der Waals surface area contributed by atoms with Gasteiger partial charge in [-0.15, -0.1) is 0 Å². The molecule has 28 heteroatoms. The largest absolute Gasteiger partial charge is 0.508 e. The maximum atomic E-state index is 14.1. The SMILES string of the molecule is Fc1ccccc1Cn1nc(-c2ccccn2)cc1-n1cccn1.Fc1ccccc1Cn1nc(-c2ccccn2)cc1-n1cncn1.Fc1ccccc1Cn1nc(-c2ccccn2)cc1N1CCC1.Fc1ccccc1Cn1nc(-c2ccccn2)cc1N1CCCC1.Oc1ccc(-c2cc(-c3ccccn3)nn2Cc2ccccc2F)cc1. The van der Waals surface area contributed by atoms with Crippen LogP contribution in [0.4, 0.5) is 33.6 Å². The molecule has 2 saturated heterocycles. The Kier molecular flexibility index (Phi) is 25.0. The summed E-state index contributed by atoms with van der Waals surface area (Å²) in [6.07, 6.45) is 18.8. The molecule has 0 saturated carbocycles. The van der Waals surface area contributed by atoms with Gasteiger partial charge in [-0.3, -0.25) is 29.6 Å². The van der Waals surface area contributed by atoms with Crippen molar-refractivity contribution in [1.29, 1.82) is 0 Å². The van der Waals surface area contributed by atoms with Gasteiger partial charge < -0.3 is 14.9 Å². The highest BCUT2D eigenvalue weighted by Crippen LogP contribution is 2.33. The predicted molar refractivity (Wildman–Crippen MR) is 452 cm³/mol. The number of rotatable bonds is 20. The Morgan fingerprint density at radius 2 is 0.595 bits per heavy atom. The fourth-order valence-electron chi connectivity index (χ4n) is 13.7. The molecular weight excluding hydrogens is 1540 g/mol. The Balaban J connectivity index is 0.000000112. The van der Waals surface area contributed by atoms with Crippen LogP contribution < -0.4 is 9.80 Å². The average Bonchev–Trinajstić information content (AvgIpc) is 1.68. The number of benzene rings is 6. The van der Waals surface area contributed by atoms with Crippen molar-refractivity contribution in [3.05, 3.63) is 386 Å². The lowest BCUT2D eigenvalue weighted by atomic mass is 10.1. The molecule has 1 N–H and O–H groups in total. The lowest BCUT2D eigenvalue weighted by Crippen LogP contribution is -2.38. The fourth-order valence-corrected chi connectivity index (χ4v) is 13.7. The smallest absolute Gasteiger partial charge is 0.154 e. The number of nitrogens with zero attached hydrogens (tertiary/aromatic N) is 22. The number of hydrogen-bond donors (Lipinski definition) is 1. The van der Waals surface area contributed by atoms with E-state index < -0.39 is 0 Å². The van der Waals surface area contributed by atoms with Crippen molar-refractivity contribution in [3.8, 4) is 85.6 Å². The van der Waals surface area contributed by atoms with Gasteiger partial charge in [-0.25, -0.2) is 55.0 Å². The van der Waals surface area contributed by atoms with Crippen LogP contribution in [-0.2, 0) is 32.7 Å². The van der Waals surface area contributed by atoms with Crippen LogP contribution in [0.1, 0.15) is 47.1 Å². The van der Waals surface area contributed by atoms with Gasteiger partial charge in [-0.2, -0.15) is 35.7 Å². The Labute approximate surface area is 693 Å². The maximum absolute atomic E-state index is 14.1. The number of pyridine rings is 5. The van der Waals surface area contributed by atoms with Crippen molar-refractivity contribution < 1.29 is 27.1 Å². The van der Waals surface area contributed by atoms with Crippen LogP contribution in [-0.4, -0.2) is 130 Å². The van der Waals surface area contributed by atoms with E-state index in [4.69, 9.17) is 5.10 Å². The predicted octanol–water partition coefficient (Wildman–Crippen LogP) is 17.6. The molecule has 6 aromatic carbocycles. The number of anilines is 2. The van der Waals surface area contributed by atoms with Crippen molar-refractivity contribution in [2.24, 2.45) is 0 Å². The summed E-state index contributed by atoms with van der Waals surface area (Å²) in [5.41, 5.74) is 12.4. The third-order valence-corrected chi connectivity index (χ3v) is 20.0. The van der Waals surface area contributed by atoms with Gasteiger partial charge >= 0.3 is 0 Å². The van der Waals surface area contributed by atoms with Gasteiger partial charge in [0.1, 0.15) is 87.6 Å². The van der Waals surface area contributed by atoms with Crippen molar-refractivity contribution in [1.82, 2.24) is 98.4 Å². The first-order valence-corrected chi connectivity index (χ1v) is 39.2. The van der Waals surface area contributed by atoms with Gasteiger partial charge in [0, 0.05) is 127 Å². The van der Waals surface area contributed by atoms with Crippen LogP contribution in [0.3, 0.4) is 0 Å². The fraction of sp³-hybridized carbons (Fsp3) is 0.129. The highest BCUT2D eigenvalue weighted by molar-refractivity contribution is 5.68. The quantitative estimate of drug-likeness (QED) is 0.0699. The van der Waals surface area contributed by atoms with Crippen molar-refractivity contribution in [3.63, 3.8) is 0 Å². The van der Waals surface area contributed by atoms with E-state index in [2.05, 4.69) is 76.4 Å². The Hall–Kier alpha value is -15.5. The molecule has 2 aliphatic rings. The minimum Gasteiger partial charge on any atom is -0.508 e. The first-order valence-electron chi connectivity index (χ1n) is 39.2. The lowest BCUT2D eigenvalue weighted by molar-refractivity contribution is 0.475. The number of hydrogen-bond acceptors (Lipinski definition) is 16. The molecule has 14 heterocycles. The summed E-state index contributed by atoms with van der Waals surface area (Å²) in [5, 5.41) is 41.1. The zero-order chi connectivity index (χ0) is 82.6. The number of phenolic OH excluding ortho intramolecular Hbond substituents is 1. The molecule has 2 fully saturated rings. The number of phenols is 1. The van der Waals surface area contributed by atoms with Gasteiger partial charge in [0.15, 0.2) is 11.6 Å². The second kappa shape index (κ2) is 38.1. The van der Waals surface area contributed by atoms with Gasteiger partial charge in [0.2, 0.25) is 0 Å². The molecule has 0 spiro atoms. The molecule has 12 aromatic heterocycles. The number of aromatic nitrogens is 20. The van der Waals surface area contributed by atoms with Crippen molar-refractivity contribution >= 4 is 11.6 Å². The Morgan fingerprint density at radius 3 is 0.909 bits per heavy atom. The summed E-state index contributed by atoms with van der Waals surface area (Å²) in [6.45, 7) is 5.82. The van der Waals surface area contributed by atoms with Crippen LogP contribution in [0.15, 0.2) is 329 Å². The third-order valence-electron chi connectivity index (χ3n) is 20.0. The molecule has 18 aromatic rings. The monoisotopic (exact) mass is 1610 g/mol. The van der Waals surface area contributed by atoms with E-state index in [1.807, 2.05) is 179 Å². The first-order chi connectivity index (χ1) is 59.4. The molecule has 20 rings (SSSR count). The molecule has 0 bridgehead atoms. The average molecular weight is 1620 g/mol. The number of halogens is 5. The highest BCUT2D eigenvalue weighted by Gasteiger charge is 2.25. The molecule has 0 amide bonds. The zero-order valence-corrected chi connectivity index (χ0v) is 65.3. The normalized spacial score (nSPS) is 12.1. The van der Waals surface area contributed by atoms with E-state index >= 15 is 0 Å². The molecule has 23 nitrogen and oxygen atoms in total. The van der Waals surface area contributed by atoms with Crippen LogP contribution in [0.25, 0.3) is 79.8 Å². The third kappa shape index (κ3) is 19.6. The molecule has 0 aliphatic carbocycles. The molecule has 602 valence electrons. The standard InChI is InChI=1S/C21H16FN3O.C19H19FN4.C18H14FN5.C18H17FN4.C17H13FN6/c22-18-6-2-1-5-16(18)14-25-21(15-8-10-17(26)11-9-15)13-20(24-25)19-7-3-4-12-23-19;20-16-8-2-1-7-15(16)14-24-19(23-11-5-6-12-23)13-18(22-24)17-9-3-4-10-21-17;19-15-7-2-1-6-14(15)13-24-18(23-11-5-10-21-23)12-17(22-24)16-8-3-4-9-20-16;19-15-7-2-1-6-14(15)13-23-18(22-10-5-11-22)12-17(21-23)16-8-3-4-9-20-16;18-14-6-2-1-5-13(14)10-23-17(24-12-19-11-21-24)9-16(22-23)15-7-3-4-8-20-15/h1-13,26H,14H2;1-4,7-10,13H,5-6,11-12,14H2;1-12H,13H2;1-4,6-9,12H,5,10-11,13H2;1-9,11-12H,10H2. The molecule has 2 aliphatic heterocycles. The molecular formula is C93H79F5N22O. The first kappa shape index (κ1) is 79.4. The van der Waals surface area contributed by atoms with Gasteiger partial charge in [0.05, 0.1) is 66.9 Å². The van der Waals surface area contributed by atoms with Gasteiger partial charge in [-0.1, -0.05) is 121 Å². The van der Waals surface area contributed by atoms with Crippen LogP contribution in [0.2, 0.25) is 0 Å². The Morgan fingerprint density at radius 1 is 0.281 bits per heavy atom. The topological polar surface area (TPSA) is 229 Å². The van der Waals surface area contributed by atoms with E-state index in [0.29, 0.717) is 71.2 Å². The zero-order valence-electron chi connectivity index (χ0n) is 65.3. The molecule has 0 atom stereocenters. The lowest BCUT2D eigenvalue weighted by Gasteiger charge is -2.33. The highest BCUT2D eigenvalue weighted by atomic mass is 19.1. The van der Waals surface area contributed by atoms with Gasteiger partial charge in [0.25, 0.3) is 0 Å². The van der Waals surface area contributed by atoms with E-state index in [0.717, 1.165) is 100 Å². The summed E-state index contributed by atoms with van der Waals surface area (Å²) in [5.74, 6) is 2.53. The molecule has 121 heavy (non-hydrogen) atoms. The Bertz CT molecular complexity index is 6180. The van der Waals surface area contributed by atoms with Crippen molar-refractivity contribution in [2.45, 2.75) is 52.0 Å². The number of aromatic hydroxyl groups is 1. The van der Waals surface area contributed by atoms with E-state index in [1.54, 1.807) is 140 Å². The van der Waals surface area contributed by atoms with Crippen molar-refractivity contribution in [2.75, 3.05) is 36.0 Å². The van der Waals surface area contributed by atoms with E-state index in [1.165, 1.54) is 55.9 Å². The minimum absolute atomic E-state index is 0.193. The van der Waals surface area contributed by atoms with E-state index in [-0.39, 0.29) is 41.4 Å². The maximum Gasteiger partial charge on any atom is 0.154 e. The second-order valence-electron chi connectivity index (χ2n) is 28.2. The van der Waals surface area contributed by atoms with Crippen LogP contribution in [0.5, 0.6) is 5.75 Å². The summed E-state index contributed by atoms with van der Waals surface area (Å²) in [4.78, 5) is 30.3. The molecule has 0 radical (unpaired) electrons. The van der Waals surface area contributed by atoms with Crippen LogP contribution in [0, 0.1) is 29.1 Å². The summed E-state index contributed by atoms with van der Waals surface area (Å²) >= 11 is 0. The molecule has 0 unspecified atom stereocenters. The summed E-state index contributed by atoms with van der Waals surface area (Å²) in [6, 6.07) is 80.7. The van der Waals surface area contributed by atoms with Crippen LogP contribution >= 0.6 is 0 Å². The summed E-state index contributed by atoms with van der Waals surface area (Å²) in [7, 11) is 0. The van der Waals surface area contributed by atoms with E-state index in [9.17, 15) is 27.1 Å². The van der Waals surface area contributed by atoms with Gasteiger partial charge in [-0.05, 0) is 147 Å². The second-order valence-corrected chi connectivity index (χ2v) is 28.2. The minimum atomic E-state index is -0.267. The summed E-state index contributed by atoms with van der Waals surface area (Å²) < 4.78 is 82.4.